The van der Waals surface area contributed by atoms with Gasteiger partial charge in [0.15, 0.2) is 0 Å². The smallest absolute Gasteiger partial charge is 0.224 e. The first-order chi connectivity index (χ1) is 11.5. The third-order valence-electron chi connectivity index (χ3n) is 5.04. The minimum absolute atomic E-state index is 0.0182. The van der Waals surface area contributed by atoms with Crippen molar-refractivity contribution in [1.82, 2.24) is 5.32 Å². The topological polar surface area (TPSA) is 55.1 Å². The Bertz CT molecular complexity index is 713. The largest absolute Gasteiger partial charge is 0.355 e. The molecule has 2 atom stereocenters. The molecule has 0 aliphatic heterocycles. The lowest BCUT2D eigenvalue weighted by atomic mass is 9.93. The highest BCUT2D eigenvalue weighted by molar-refractivity contribution is 9.10. The van der Waals surface area contributed by atoms with Gasteiger partial charge >= 0.3 is 0 Å². The lowest BCUT2D eigenvalue weighted by Gasteiger charge is -2.23. The Morgan fingerprint density at radius 3 is 2.42 bits per heavy atom. The summed E-state index contributed by atoms with van der Waals surface area (Å²) in [5.74, 6) is -0.243. The number of nitrogens with two attached hydrogens (primary N) is 1. The highest BCUT2D eigenvalue weighted by Crippen LogP contribution is 2.49. The number of carbonyl (C=O) groups excluding carboxylic acids is 1. The highest BCUT2D eigenvalue weighted by atomic mass is 79.9. The van der Waals surface area contributed by atoms with Crippen LogP contribution in [-0.4, -0.2) is 12.5 Å². The van der Waals surface area contributed by atoms with Gasteiger partial charge < -0.3 is 11.1 Å². The number of rotatable bonds is 6. The molecule has 3 rings (SSSR count). The predicted molar refractivity (Wildman–Crippen MR) is 101 cm³/mol. The Labute approximate surface area is 151 Å². The first kappa shape index (κ1) is 17.2. The molecule has 3 N–H and O–H groups in total. The molecule has 1 aliphatic carbocycles. The van der Waals surface area contributed by atoms with E-state index < -0.39 is 0 Å². The average molecular weight is 387 g/mol. The number of hydrogen-bond donors (Lipinski definition) is 2. The number of carbonyl (C=O) groups is 1. The number of amides is 1. The molecule has 4 heteroatoms. The molecular formula is C20H23BrN2O. The van der Waals surface area contributed by atoms with Crippen molar-refractivity contribution in [3.8, 4) is 0 Å². The normalized spacial score (nSPS) is 17.8. The summed E-state index contributed by atoms with van der Waals surface area (Å²) in [7, 11) is 0. The first-order valence-corrected chi connectivity index (χ1v) is 9.16. The van der Waals surface area contributed by atoms with Gasteiger partial charge in [0, 0.05) is 22.5 Å². The number of benzene rings is 2. The molecule has 0 spiro atoms. The van der Waals surface area contributed by atoms with Crippen LogP contribution in [0.1, 0.15) is 36.9 Å². The Balaban J connectivity index is 1.62. The van der Waals surface area contributed by atoms with E-state index >= 15 is 0 Å². The fraction of sp³-hybridized carbons (Fsp3) is 0.350. The van der Waals surface area contributed by atoms with Gasteiger partial charge in [-0.3, -0.25) is 4.79 Å². The monoisotopic (exact) mass is 386 g/mol. The van der Waals surface area contributed by atoms with Crippen molar-refractivity contribution in [2.24, 2.45) is 11.7 Å². The molecule has 0 saturated heterocycles. The van der Waals surface area contributed by atoms with Gasteiger partial charge in [-0.15, -0.1) is 0 Å². The third-order valence-corrected chi connectivity index (χ3v) is 5.73. The maximum Gasteiger partial charge on any atom is 0.224 e. The Morgan fingerprint density at radius 1 is 1.17 bits per heavy atom. The summed E-state index contributed by atoms with van der Waals surface area (Å²) < 4.78 is 1.12. The second-order valence-corrected chi connectivity index (χ2v) is 7.56. The zero-order chi connectivity index (χ0) is 17.2. The van der Waals surface area contributed by atoms with E-state index in [-0.39, 0.29) is 23.3 Å². The fourth-order valence-electron chi connectivity index (χ4n) is 3.13. The van der Waals surface area contributed by atoms with Gasteiger partial charge in [0.25, 0.3) is 0 Å². The van der Waals surface area contributed by atoms with Crippen LogP contribution in [0.4, 0.5) is 0 Å². The molecule has 0 radical (unpaired) electrons. The second-order valence-electron chi connectivity index (χ2n) is 6.70. The first-order valence-electron chi connectivity index (χ1n) is 8.37. The number of hydrogen-bond acceptors (Lipinski definition) is 2. The molecule has 3 nitrogen and oxygen atoms in total. The van der Waals surface area contributed by atoms with Gasteiger partial charge in [-0.25, -0.2) is 0 Å². The van der Waals surface area contributed by atoms with Gasteiger partial charge in [0.05, 0.1) is 5.92 Å². The average Bonchev–Trinajstić information content (AvgIpc) is 3.40. The van der Waals surface area contributed by atoms with Crippen molar-refractivity contribution < 1.29 is 4.79 Å². The van der Waals surface area contributed by atoms with Crippen molar-refractivity contribution >= 4 is 21.8 Å². The van der Waals surface area contributed by atoms with E-state index in [1.54, 1.807) is 0 Å². The molecule has 24 heavy (non-hydrogen) atoms. The number of halogens is 1. The summed E-state index contributed by atoms with van der Waals surface area (Å²) in [5, 5.41) is 3.12. The van der Waals surface area contributed by atoms with Gasteiger partial charge in [0.1, 0.15) is 0 Å². The van der Waals surface area contributed by atoms with Crippen molar-refractivity contribution in [2.75, 3.05) is 6.54 Å². The van der Waals surface area contributed by atoms with Crippen LogP contribution < -0.4 is 11.1 Å². The lowest BCUT2D eigenvalue weighted by molar-refractivity contribution is -0.125. The van der Waals surface area contributed by atoms with Crippen LogP contribution in [0.5, 0.6) is 0 Å². The van der Waals surface area contributed by atoms with Crippen LogP contribution >= 0.6 is 15.9 Å². The quantitative estimate of drug-likeness (QED) is 0.789. The summed E-state index contributed by atoms with van der Waals surface area (Å²) >= 11 is 3.63. The van der Waals surface area contributed by atoms with E-state index in [0.29, 0.717) is 6.54 Å². The molecule has 0 aromatic heterocycles. The third kappa shape index (κ3) is 3.55. The fourth-order valence-corrected chi connectivity index (χ4v) is 3.83. The van der Waals surface area contributed by atoms with E-state index in [4.69, 9.17) is 5.73 Å². The van der Waals surface area contributed by atoms with Gasteiger partial charge in [0.2, 0.25) is 5.91 Å². The molecule has 1 fully saturated rings. The van der Waals surface area contributed by atoms with Crippen molar-refractivity contribution in [3.05, 3.63) is 70.2 Å². The maximum absolute atomic E-state index is 12.5. The molecule has 2 unspecified atom stereocenters. The van der Waals surface area contributed by atoms with E-state index in [1.807, 2.05) is 43.3 Å². The predicted octanol–water partition coefficient (Wildman–Crippen LogP) is 3.93. The van der Waals surface area contributed by atoms with Crippen LogP contribution in [0, 0.1) is 5.92 Å². The van der Waals surface area contributed by atoms with E-state index in [9.17, 15) is 4.79 Å². The molecule has 1 saturated carbocycles. The number of nitrogens with one attached hydrogen (secondary N) is 1. The Kier molecular flexibility index (Phi) is 5.07. The Hall–Kier alpha value is -1.65. The standard InChI is InChI=1S/C20H23BrN2O/c1-14(18(22)15-7-3-2-4-8-15)19(24)23-13-20(11-12-20)16-9-5-6-10-17(16)21/h2-10,14,18H,11-13,22H2,1H3,(H,23,24). The lowest BCUT2D eigenvalue weighted by Crippen LogP contribution is -2.39. The van der Waals surface area contributed by atoms with Crippen LogP contribution in [-0.2, 0) is 10.2 Å². The van der Waals surface area contributed by atoms with E-state index in [2.05, 4.69) is 39.4 Å². The molecule has 0 heterocycles. The maximum atomic E-state index is 12.5. The molecular weight excluding hydrogens is 364 g/mol. The van der Waals surface area contributed by atoms with Crippen molar-refractivity contribution in [1.29, 1.82) is 0 Å². The summed E-state index contributed by atoms with van der Waals surface area (Å²) in [6, 6.07) is 17.8. The summed E-state index contributed by atoms with van der Waals surface area (Å²) in [5.41, 5.74) is 8.61. The van der Waals surface area contributed by atoms with Gasteiger partial charge in [-0.1, -0.05) is 71.4 Å². The van der Waals surface area contributed by atoms with Gasteiger partial charge in [-0.05, 0) is 30.0 Å². The van der Waals surface area contributed by atoms with Crippen molar-refractivity contribution in [3.63, 3.8) is 0 Å². The molecule has 1 aliphatic rings. The highest BCUT2D eigenvalue weighted by Gasteiger charge is 2.45. The molecule has 1 amide bonds. The molecule has 2 aromatic rings. The minimum atomic E-state index is -0.287. The second kappa shape index (κ2) is 7.08. The summed E-state index contributed by atoms with van der Waals surface area (Å²) in [6.45, 7) is 2.56. The summed E-state index contributed by atoms with van der Waals surface area (Å²) in [4.78, 5) is 12.5. The van der Waals surface area contributed by atoms with Crippen LogP contribution in [0.25, 0.3) is 0 Å². The minimum Gasteiger partial charge on any atom is -0.355 e. The van der Waals surface area contributed by atoms with Crippen molar-refractivity contribution in [2.45, 2.75) is 31.2 Å². The zero-order valence-corrected chi connectivity index (χ0v) is 15.4. The Morgan fingerprint density at radius 2 is 1.79 bits per heavy atom. The molecule has 126 valence electrons. The summed E-state index contributed by atoms with van der Waals surface area (Å²) in [6.07, 6.45) is 2.21. The van der Waals surface area contributed by atoms with Crippen LogP contribution in [0.3, 0.4) is 0 Å². The molecule has 0 bridgehead atoms. The van der Waals surface area contributed by atoms with E-state index in [1.165, 1.54) is 5.56 Å². The van der Waals surface area contributed by atoms with Crippen LogP contribution in [0.15, 0.2) is 59.1 Å². The van der Waals surface area contributed by atoms with Gasteiger partial charge in [-0.2, -0.15) is 0 Å². The SMILES string of the molecule is CC(C(=O)NCC1(c2ccccc2Br)CC1)C(N)c1ccccc1. The van der Waals surface area contributed by atoms with E-state index in [0.717, 1.165) is 22.9 Å². The van der Waals surface area contributed by atoms with Crippen LogP contribution in [0.2, 0.25) is 0 Å². The zero-order valence-electron chi connectivity index (χ0n) is 13.8. The molecule has 2 aromatic carbocycles.